The summed E-state index contributed by atoms with van der Waals surface area (Å²) in [6.45, 7) is 3.84. The topological polar surface area (TPSA) is 49.3 Å². The fourth-order valence-electron chi connectivity index (χ4n) is 2.39. The first-order valence-corrected chi connectivity index (χ1v) is 6.63. The summed E-state index contributed by atoms with van der Waals surface area (Å²) in [4.78, 5) is 11.9. The number of aliphatic hydroxyl groups is 1. The predicted molar refractivity (Wildman–Crippen MR) is 71.1 cm³/mol. The minimum Gasteiger partial charge on any atom is -0.392 e. The maximum atomic E-state index is 11.9. The van der Waals surface area contributed by atoms with Crippen LogP contribution in [-0.2, 0) is 11.2 Å². The van der Waals surface area contributed by atoms with Crippen molar-refractivity contribution in [1.29, 1.82) is 0 Å². The van der Waals surface area contributed by atoms with E-state index < -0.39 is 6.10 Å². The molecule has 0 saturated heterocycles. The van der Waals surface area contributed by atoms with Crippen LogP contribution in [0.25, 0.3) is 0 Å². The monoisotopic (exact) mass is 247 g/mol. The van der Waals surface area contributed by atoms with Gasteiger partial charge in [-0.3, -0.25) is 4.79 Å². The lowest BCUT2D eigenvalue weighted by Gasteiger charge is -2.17. The van der Waals surface area contributed by atoms with Gasteiger partial charge in [0.15, 0.2) is 0 Å². The lowest BCUT2D eigenvalue weighted by molar-refractivity contribution is -0.124. The molecule has 0 heterocycles. The third-order valence-electron chi connectivity index (χ3n) is 3.63. The Labute approximate surface area is 108 Å². The van der Waals surface area contributed by atoms with Crippen LogP contribution < -0.4 is 5.32 Å². The van der Waals surface area contributed by atoms with Crippen LogP contribution in [0.15, 0.2) is 24.3 Å². The summed E-state index contributed by atoms with van der Waals surface area (Å²) in [6.07, 6.45) is 1.62. The summed E-state index contributed by atoms with van der Waals surface area (Å²) in [6, 6.07) is 8.35. The molecule has 1 aliphatic carbocycles. The summed E-state index contributed by atoms with van der Waals surface area (Å²) >= 11 is 0. The van der Waals surface area contributed by atoms with Crippen LogP contribution in [0, 0.1) is 5.92 Å². The first kappa shape index (κ1) is 13.1. The predicted octanol–water partition coefficient (Wildman–Crippen LogP) is 2.20. The van der Waals surface area contributed by atoms with Gasteiger partial charge in [0.2, 0.25) is 5.91 Å². The summed E-state index contributed by atoms with van der Waals surface area (Å²) in [5, 5.41) is 12.7. The molecular weight excluding hydrogens is 226 g/mol. The summed E-state index contributed by atoms with van der Waals surface area (Å²) in [7, 11) is 0. The van der Waals surface area contributed by atoms with Gasteiger partial charge in [-0.1, -0.05) is 38.1 Å². The number of aliphatic hydroxyl groups excluding tert-OH is 1. The highest BCUT2D eigenvalue weighted by atomic mass is 16.3. The van der Waals surface area contributed by atoms with Crippen molar-refractivity contribution in [3.63, 3.8) is 0 Å². The van der Waals surface area contributed by atoms with Gasteiger partial charge in [0.25, 0.3) is 0 Å². The van der Waals surface area contributed by atoms with Crippen molar-refractivity contribution < 1.29 is 9.90 Å². The van der Waals surface area contributed by atoms with Crippen LogP contribution in [0.1, 0.15) is 43.9 Å². The number of carbonyl (C=O) groups is 1. The number of fused-ring (bicyclic) bond motifs is 1. The Morgan fingerprint density at radius 1 is 1.44 bits per heavy atom. The third kappa shape index (κ3) is 2.91. The zero-order valence-electron chi connectivity index (χ0n) is 11.0. The molecule has 18 heavy (non-hydrogen) atoms. The molecule has 0 spiro atoms. The highest BCUT2D eigenvalue weighted by Gasteiger charge is 2.24. The van der Waals surface area contributed by atoms with Crippen LogP contribution in [0.3, 0.4) is 0 Å². The number of hydrogen-bond donors (Lipinski definition) is 2. The molecule has 2 unspecified atom stereocenters. The van der Waals surface area contributed by atoms with E-state index in [1.54, 1.807) is 0 Å². The Morgan fingerprint density at radius 3 is 2.89 bits per heavy atom. The van der Waals surface area contributed by atoms with Gasteiger partial charge in [0.05, 0.1) is 18.6 Å². The van der Waals surface area contributed by atoms with Gasteiger partial charge in [-0.15, -0.1) is 0 Å². The van der Waals surface area contributed by atoms with Gasteiger partial charge in [0, 0.05) is 0 Å². The van der Waals surface area contributed by atoms with E-state index in [1.807, 2.05) is 26.0 Å². The molecule has 1 amide bonds. The van der Waals surface area contributed by atoms with Crippen LogP contribution >= 0.6 is 0 Å². The van der Waals surface area contributed by atoms with Crippen LogP contribution in [0.5, 0.6) is 0 Å². The van der Waals surface area contributed by atoms with Crippen LogP contribution in [-0.4, -0.2) is 17.1 Å². The first-order chi connectivity index (χ1) is 8.58. The average molecular weight is 247 g/mol. The SMILES string of the molecule is CC(C)C(O)CC(=O)NC1CCc2ccccc21. The molecule has 1 aromatic rings. The molecule has 0 aromatic heterocycles. The van der Waals surface area contributed by atoms with Crippen LogP contribution in [0.2, 0.25) is 0 Å². The minimum absolute atomic E-state index is 0.0575. The van der Waals surface area contributed by atoms with Crippen LogP contribution in [0.4, 0.5) is 0 Å². The Hall–Kier alpha value is -1.35. The zero-order chi connectivity index (χ0) is 13.1. The summed E-state index contributed by atoms with van der Waals surface area (Å²) < 4.78 is 0. The molecule has 1 aromatic carbocycles. The maximum absolute atomic E-state index is 11.9. The van der Waals surface area contributed by atoms with Crippen molar-refractivity contribution in [2.75, 3.05) is 0 Å². The second-order valence-electron chi connectivity index (χ2n) is 5.37. The quantitative estimate of drug-likeness (QED) is 0.857. The average Bonchev–Trinajstić information content (AvgIpc) is 2.72. The van der Waals surface area contributed by atoms with E-state index in [-0.39, 0.29) is 24.3 Å². The molecule has 1 aliphatic rings. The highest BCUT2D eigenvalue weighted by Crippen LogP contribution is 2.30. The van der Waals surface area contributed by atoms with Gasteiger partial charge in [-0.2, -0.15) is 0 Å². The Balaban J connectivity index is 1.94. The van der Waals surface area contributed by atoms with Gasteiger partial charge in [-0.05, 0) is 29.9 Å². The molecular formula is C15H21NO2. The van der Waals surface area contributed by atoms with E-state index >= 15 is 0 Å². The second kappa shape index (κ2) is 5.53. The lowest BCUT2D eigenvalue weighted by atomic mass is 10.0. The highest BCUT2D eigenvalue weighted by molar-refractivity contribution is 5.77. The molecule has 2 N–H and O–H groups in total. The smallest absolute Gasteiger partial charge is 0.223 e. The van der Waals surface area contributed by atoms with E-state index in [1.165, 1.54) is 11.1 Å². The first-order valence-electron chi connectivity index (χ1n) is 6.63. The van der Waals surface area contributed by atoms with Crippen molar-refractivity contribution in [2.45, 2.75) is 45.3 Å². The largest absolute Gasteiger partial charge is 0.392 e. The maximum Gasteiger partial charge on any atom is 0.223 e. The number of carbonyl (C=O) groups excluding carboxylic acids is 1. The van der Waals surface area contributed by atoms with Crippen molar-refractivity contribution in [3.8, 4) is 0 Å². The minimum atomic E-state index is -0.554. The van der Waals surface area contributed by atoms with E-state index in [2.05, 4.69) is 17.4 Å². The number of rotatable bonds is 4. The van der Waals surface area contributed by atoms with Crippen molar-refractivity contribution in [3.05, 3.63) is 35.4 Å². The number of amides is 1. The molecule has 2 rings (SSSR count). The fourth-order valence-corrected chi connectivity index (χ4v) is 2.39. The van der Waals surface area contributed by atoms with Gasteiger partial charge in [0.1, 0.15) is 0 Å². The van der Waals surface area contributed by atoms with E-state index in [9.17, 15) is 9.90 Å². The second-order valence-corrected chi connectivity index (χ2v) is 5.37. The molecule has 0 radical (unpaired) electrons. The Kier molecular flexibility index (Phi) is 4.02. The lowest BCUT2D eigenvalue weighted by Crippen LogP contribution is -2.31. The van der Waals surface area contributed by atoms with E-state index in [0.29, 0.717) is 0 Å². The van der Waals surface area contributed by atoms with E-state index in [4.69, 9.17) is 0 Å². The van der Waals surface area contributed by atoms with Gasteiger partial charge >= 0.3 is 0 Å². The van der Waals surface area contributed by atoms with Crippen molar-refractivity contribution in [1.82, 2.24) is 5.32 Å². The molecule has 0 bridgehead atoms. The van der Waals surface area contributed by atoms with Crippen molar-refractivity contribution in [2.24, 2.45) is 5.92 Å². The summed E-state index contributed by atoms with van der Waals surface area (Å²) in [5.41, 5.74) is 2.55. The standard InChI is InChI=1S/C15H21NO2/c1-10(2)14(17)9-15(18)16-13-8-7-11-5-3-4-6-12(11)13/h3-6,10,13-14,17H,7-9H2,1-2H3,(H,16,18). The number of aryl methyl sites for hydroxylation is 1. The summed E-state index contributed by atoms with van der Waals surface area (Å²) in [5.74, 6) is 0.0597. The molecule has 3 nitrogen and oxygen atoms in total. The number of hydrogen-bond acceptors (Lipinski definition) is 2. The van der Waals surface area contributed by atoms with Crippen molar-refractivity contribution >= 4 is 5.91 Å². The van der Waals surface area contributed by atoms with Gasteiger partial charge < -0.3 is 10.4 Å². The normalized spacial score (nSPS) is 19.7. The molecule has 2 atom stereocenters. The molecule has 98 valence electrons. The Morgan fingerprint density at radius 2 is 2.17 bits per heavy atom. The fraction of sp³-hybridized carbons (Fsp3) is 0.533. The number of benzene rings is 1. The Bertz CT molecular complexity index is 428. The molecule has 0 saturated carbocycles. The zero-order valence-corrected chi connectivity index (χ0v) is 11.0. The molecule has 0 aliphatic heterocycles. The van der Waals surface area contributed by atoms with Gasteiger partial charge in [-0.25, -0.2) is 0 Å². The molecule has 0 fully saturated rings. The third-order valence-corrected chi connectivity index (χ3v) is 3.63. The van der Waals surface area contributed by atoms with E-state index in [0.717, 1.165) is 12.8 Å². The number of nitrogens with one attached hydrogen (secondary N) is 1. The molecule has 3 heteroatoms.